The van der Waals surface area contributed by atoms with Gasteiger partial charge in [0.25, 0.3) is 0 Å². The number of aromatic nitrogens is 1. The van der Waals surface area contributed by atoms with Gasteiger partial charge >= 0.3 is 0 Å². The van der Waals surface area contributed by atoms with E-state index in [2.05, 4.69) is 4.98 Å². The number of pyridine rings is 1. The third-order valence-corrected chi connectivity index (χ3v) is 2.46. The fraction of sp³-hybridized carbons (Fsp3) is 0.154. The van der Waals surface area contributed by atoms with E-state index >= 15 is 0 Å². The van der Waals surface area contributed by atoms with Crippen molar-refractivity contribution in [3.05, 3.63) is 59.9 Å². The van der Waals surface area contributed by atoms with Crippen LogP contribution in [-0.2, 0) is 0 Å². The molecule has 1 heterocycles. The summed E-state index contributed by atoms with van der Waals surface area (Å²) in [5.74, 6) is -2.12. The summed E-state index contributed by atoms with van der Waals surface area (Å²) < 4.78 is 31.9. The van der Waals surface area contributed by atoms with Gasteiger partial charge in [-0.25, -0.2) is 4.39 Å². The Balaban J connectivity index is 2.24. The van der Waals surface area contributed by atoms with Gasteiger partial charge in [0, 0.05) is 24.5 Å². The number of ether oxygens (including phenoxy) is 1. The Morgan fingerprint density at radius 3 is 2.72 bits per heavy atom. The van der Waals surface area contributed by atoms with Crippen molar-refractivity contribution in [2.45, 2.75) is 6.10 Å². The molecule has 0 radical (unpaired) electrons. The average Bonchev–Trinajstić information content (AvgIpc) is 2.41. The van der Waals surface area contributed by atoms with Crippen molar-refractivity contribution in [2.75, 3.05) is 6.54 Å². The molecule has 2 N–H and O–H groups in total. The summed E-state index contributed by atoms with van der Waals surface area (Å²) in [6.07, 6.45) is 2.63. The van der Waals surface area contributed by atoms with E-state index in [0.717, 1.165) is 6.07 Å². The molecule has 0 saturated carbocycles. The Morgan fingerprint density at radius 1 is 1.22 bits per heavy atom. The molecule has 0 spiro atoms. The van der Waals surface area contributed by atoms with Gasteiger partial charge in [-0.1, -0.05) is 12.1 Å². The van der Waals surface area contributed by atoms with Crippen LogP contribution in [0.5, 0.6) is 5.75 Å². The molecule has 0 aliphatic heterocycles. The Morgan fingerprint density at radius 2 is 2.06 bits per heavy atom. The number of nitrogens with two attached hydrogens (primary N) is 1. The zero-order valence-corrected chi connectivity index (χ0v) is 9.51. The predicted molar refractivity (Wildman–Crippen MR) is 63.0 cm³/mol. The summed E-state index contributed by atoms with van der Waals surface area (Å²) in [5, 5.41) is 0. The van der Waals surface area contributed by atoms with Gasteiger partial charge in [-0.2, -0.15) is 4.39 Å². The molecule has 0 aliphatic rings. The lowest BCUT2D eigenvalue weighted by molar-refractivity contribution is 0.201. The molecule has 1 aromatic carbocycles. The minimum absolute atomic E-state index is 0.141. The first kappa shape index (κ1) is 12.4. The smallest absolute Gasteiger partial charge is 0.200 e. The van der Waals surface area contributed by atoms with Crippen LogP contribution in [0.15, 0.2) is 42.7 Å². The van der Waals surface area contributed by atoms with E-state index < -0.39 is 17.7 Å². The fourth-order valence-corrected chi connectivity index (χ4v) is 1.55. The first-order valence-corrected chi connectivity index (χ1v) is 5.43. The number of nitrogens with zero attached hydrogens (tertiary/aromatic N) is 1. The third kappa shape index (κ3) is 2.62. The van der Waals surface area contributed by atoms with Crippen LogP contribution in [-0.4, -0.2) is 11.5 Å². The van der Waals surface area contributed by atoms with Gasteiger partial charge in [-0.05, 0) is 18.2 Å². The van der Waals surface area contributed by atoms with Gasteiger partial charge in [0.1, 0.15) is 6.10 Å². The van der Waals surface area contributed by atoms with Crippen molar-refractivity contribution in [2.24, 2.45) is 5.73 Å². The lowest BCUT2D eigenvalue weighted by Crippen LogP contribution is -2.19. The topological polar surface area (TPSA) is 48.1 Å². The maximum absolute atomic E-state index is 13.5. The highest BCUT2D eigenvalue weighted by atomic mass is 19.2. The molecule has 94 valence electrons. The molecule has 5 heteroatoms. The van der Waals surface area contributed by atoms with E-state index in [-0.39, 0.29) is 12.3 Å². The van der Waals surface area contributed by atoms with Crippen molar-refractivity contribution in [3.8, 4) is 5.75 Å². The summed E-state index contributed by atoms with van der Waals surface area (Å²) in [6, 6.07) is 7.26. The molecule has 2 aromatic rings. The molecule has 0 fully saturated rings. The molecule has 1 atom stereocenters. The van der Waals surface area contributed by atoms with Crippen LogP contribution in [0.2, 0.25) is 0 Å². The van der Waals surface area contributed by atoms with Crippen molar-refractivity contribution in [1.82, 2.24) is 4.98 Å². The van der Waals surface area contributed by atoms with Crippen molar-refractivity contribution in [3.63, 3.8) is 0 Å². The quantitative estimate of drug-likeness (QED) is 0.906. The first-order chi connectivity index (χ1) is 8.72. The zero-order valence-electron chi connectivity index (χ0n) is 9.51. The maximum atomic E-state index is 13.5. The molecule has 0 bridgehead atoms. The number of hydrogen-bond acceptors (Lipinski definition) is 3. The standard InChI is InChI=1S/C13H12F2N2O/c14-10-4-1-5-11(13(10)15)18-12(7-16)9-3-2-6-17-8-9/h1-6,8,12H,7,16H2. The lowest BCUT2D eigenvalue weighted by Gasteiger charge is -2.17. The minimum Gasteiger partial charge on any atom is -0.481 e. The molecule has 1 unspecified atom stereocenters. The monoisotopic (exact) mass is 250 g/mol. The first-order valence-electron chi connectivity index (χ1n) is 5.43. The van der Waals surface area contributed by atoms with Crippen LogP contribution in [0.4, 0.5) is 8.78 Å². The highest BCUT2D eigenvalue weighted by Gasteiger charge is 2.16. The summed E-state index contributed by atoms with van der Waals surface area (Å²) >= 11 is 0. The largest absolute Gasteiger partial charge is 0.481 e. The van der Waals surface area contributed by atoms with Gasteiger partial charge < -0.3 is 10.5 Å². The highest BCUT2D eigenvalue weighted by molar-refractivity contribution is 5.26. The number of benzene rings is 1. The molecule has 1 aromatic heterocycles. The Hall–Kier alpha value is -2.01. The SMILES string of the molecule is NCC(Oc1cccc(F)c1F)c1cccnc1. The van der Waals surface area contributed by atoms with E-state index in [1.54, 1.807) is 24.5 Å². The van der Waals surface area contributed by atoms with Crippen molar-refractivity contribution in [1.29, 1.82) is 0 Å². The molecular weight excluding hydrogens is 238 g/mol. The summed E-state index contributed by atoms with van der Waals surface area (Å²) in [5.41, 5.74) is 6.28. The van der Waals surface area contributed by atoms with Crippen molar-refractivity contribution < 1.29 is 13.5 Å². The third-order valence-electron chi connectivity index (χ3n) is 2.46. The average molecular weight is 250 g/mol. The number of hydrogen-bond donors (Lipinski definition) is 1. The number of rotatable bonds is 4. The Bertz CT molecular complexity index is 520. The van der Waals surface area contributed by atoms with E-state index in [1.165, 1.54) is 12.1 Å². The van der Waals surface area contributed by atoms with Gasteiger partial charge in [0.15, 0.2) is 11.6 Å². The van der Waals surface area contributed by atoms with Gasteiger partial charge in [0.2, 0.25) is 5.82 Å². The molecule has 0 aliphatic carbocycles. The normalized spacial score (nSPS) is 12.2. The molecule has 2 rings (SSSR count). The van der Waals surface area contributed by atoms with Crippen LogP contribution in [0.3, 0.4) is 0 Å². The van der Waals surface area contributed by atoms with E-state index in [0.29, 0.717) is 5.56 Å². The van der Waals surface area contributed by atoms with Gasteiger partial charge in [-0.15, -0.1) is 0 Å². The van der Waals surface area contributed by atoms with Gasteiger partial charge in [-0.3, -0.25) is 4.98 Å². The van der Waals surface area contributed by atoms with Crippen LogP contribution >= 0.6 is 0 Å². The van der Waals surface area contributed by atoms with Gasteiger partial charge in [0.05, 0.1) is 0 Å². The van der Waals surface area contributed by atoms with E-state index in [4.69, 9.17) is 10.5 Å². The number of halogens is 2. The summed E-state index contributed by atoms with van der Waals surface area (Å²) in [4.78, 5) is 3.93. The van der Waals surface area contributed by atoms with Crippen molar-refractivity contribution >= 4 is 0 Å². The molecular formula is C13H12F2N2O. The van der Waals surface area contributed by atoms with E-state index in [9.17, 15) is 8.78 Å². The van der Waals surface area contributed by atoms with Crippen LogP contribution in [0.25, 0.3) is 0 Å². The molecule has 18 heavy (non-hydrogen) atoms. The van der Waals surface area contributed by atoms with Crippen LogP contribution < -0.4 is 10.5 Å². The highest BCUT2D eigenvalue weighted by Crippen LogP contribution is 2.25. The second-order valence-electron chi connectivity index (χ2n) is 3.68. The summed E-state index contributed by atoms with van der Waals surface area (Å²) in [7, 11) is 0. The second-order valence-corrected chi connectivity index (χ2v) is 3.68. The minimum atomic E-state index is -1.01. The molecule has 0 saturated heterocycles. The Labute approximate surface area is 103 Å². The maximum Gasteiger partial charge on any atom is 0.200 e. The fourth-order valence-electron chi connectivity index (χ4n) is 1.55. The molecule has 3 nitrogen and oxygen atoms in total. The Kier molecular flexibility index (Phi) is 3.84. The van der Waals surface area contributed by atoms with Crippen LogP contribution in [0.1, 0.15) is 11.7 Å². The molecule has 0 amide bonds. The predicted octanol–water partition coefficient (Wildman–Crippen LogP) is 2.44. The lowest BCUT2D eigenvalue weighted by atomic mass is 10.1. The van der Waals surface area contributed by atoms with E-state index in [1.807, 2.05) is 0 Å². The second kappa shape index (κ2) is 5.55. The zero-order chi connectivity index (χ0) is 13.0. The van der Waals surface area contributed by atoms with Crippen LogP contribution in [0, 0.1) is 11.6 Å². The summed E-state index contributed by atoms with van der Waals surface area (Å²) in [6.45, 7) is 0.141.